The van der Waals surface area contributed by atoms with Crippen LogP contribution in [0, 0.1) is 0 Å². The Kier molecular flexibility index (Phi) is 8.74. The van der Waals surface area contributed by atoms with Crippen LogP contribution >= 0.6 is 0 Å². The van der Waals surface area contributed by atoms with Crippen molar-refractivity contribution >= 4 is 32.7 Å². The Morgan fingerprint density at radius 1 is 1.04 bits per heavy atom. The first kappa shape index (κ1) is 22.3. The van der Waals surface area contributed by atoms with Crippen molar-refractivity contribution in [2.24, 2.45) is 0 Å². The molecule has 0 heterocycles. The van der Waals surface area contributed by atoms with Crippen molar-refractivity contribution in [2.45, 2.75) is 49.5 Å². The molecule has 2 unspecified atom stereocenters. The predicted molar refractivity (Wildman–Crippen MR) is 117 cm³/mol. The van der Waals surface area contributed by atoms with E-state index >= 15 is 0 Å². The summed E-state index contributed by atoms with van der Waals surface area (Å²) in [6, 6.07) is 19.0. The number of aliphatic hydroxyl groups is 2. The molecule has 0 saturated carbocycles. The maximum absolute atomic E-state index is 10.5. The van der Waals surface area contributed by atoms with Crippen molar-refractivity contribution in [1.82, 2.24) is 0 Å². The predicted octanol–water partition coefficient (Wildman–Crippen LogP) is 2.80. The fourth-order valence-electron chi connectivity index (χ4n) is 3.46. The van der Waals surface area contributed by atoms with Gasteiger partial charge >= 0.3 is 171 Å². The number of methoxy groups -OCH3 is 1. The van der Waals surface area contributed by atoms with E-state index in [1.165, 1.54) is 9.65 Å². The van der Waals surface area contributed by atoms with E-state index in [0.717, 1.165) is 5.56 Å². The van der Waals surface area contributed by atoms with Crippen LogP contribution in [-0.2, 0) is 4.74 Å². The van der Waals surface area contributed by atoms with Crippen LogP contribution in [0.25, 0.3) is 0 Å². The van der Waals surface area contributed by atoms with Crippen LogP contribution < -0.4 is 9.65 Å². The van der Waals surface area contributed by atoms with Crippen molar-refractivity contribution in [2.75, 3.05) is 13.7 Å². The minimum atomic E-state index is -1.87. The molecule has 0 aliphatic rings. The van der Waals surface area contributed by atoms with E-state index in [4.69, 9.17) is 4.74 Å². The molecule has 148 valence electrons. The number of rotatable bonds is 10. The Morgan fingerprint density at radius 3 is 2.26 bits per heavy atom. The van der Waals surface area contributed by atoms with Gasteiger partial charge in [-0.2, -0.15) is 0 Å². The molecule has 0 radical (unpaired) electrons. The maximum atomic E-state index is 10.5. The molecule has 0 amide bonds. The summed E-state index contributed by atoms with van der Waals surface area (Å²) in [7, 11) is -0.115. The first-order valence-corrected chi connectivity index (χ1v) is 14.5. The second-order valence-electron chi connectivity index (χ2n) is 7.37. The second kappa shape index (κ2) is 10.6. The summed E-state index contributed by atoms with van der Waals surface area (Å²) in [5, 5.41) is 21.5. The van der Waals surface area contributed by atoms with E-state index in [-0.39, 0.29) is 27.7 Å². The molecule has 0 spiro atoms. The number of benzene rings is 2. The van der Waals surface area contributed by atoms with E-state index in [9.17, 15) is 10.2 Å². The van der Waals surface area contributed by atoms with Gasteiger partial charge in [0.1, 0.15) is 0 Å². The third kappa shape index (κ3) is 5.53. The standard InChI is InChI=1S/C22H32O3SeSi/c1-5-19(24)18-13-9-10-14-21(18)26-22(20(25-2)15-16-23)27(3,4)17-11-7-6-8-12-17/h6-14,19-20,22-24H,5,15-16H2,1-4H3/t19-,20?,22?/m0/s1. The summed E-state index contributed by atoms with van der Waals surface area (Å²) >= 11 is 0.133. The van der Waals surface area contributed by atoms with Crippen molar-refractivity contribution in [1.29, 1.82) is 0 Å². The Balaban J connectivity index is 2.46. The first-order chi connectivity index (χ1) is 13.0. The Labute approximate surface area is 171 Å². The number of aliphatic hydroxyl groups excluding tert-OH is 2. The molecule has 2 aromatic carbocycles. The van der Waals surface area contributed by atoms with E-state index in [1.807, 2.05) is 19.1 Å². The van der Waals surface area contributed by atoms with Gasteiger partial charge in [0.25, 0.3) is 0 Å². The van der Waals surface area contributed by atoms with E-state index < -0.39 is 14.2 Å². The fourth-order valence-corrected chi connectivity index (χ4v) is 12.2. The van der Waals surface area contributed by atoms with E-state index in [2.05, 4.69) is 55.6 Å². The number of hydrogen-bond acceptors (Lipinski definition) is 3. The summed E-state index contributed by atoms with van der Waals surface area (Å²) < 4.78 is 7.49. The molecule has 0 fully saturated rings. The molecule has 0 bridgehead atoms. The van der Waals surface area contributed by atoms with Gasteiger partial charge in [-0.1, -0.05) is 0 Å². The Bertz CT molecular complexity index is 693. The van der Waals surface area contributed by atoms with Crippen LogP contribution in [0.3, 0.4) is 0 Å². The minimum absolute atomic E-state index is 0.0173. The molecular weight excluding hydrogens is 419 g/mol. The van der Waals surface area contributed by atoms with E-state index in [1.54, 1.807) is 7.11 Å². The van der Waals surface area contributed by atoms with Gasteiger partial charge in [0.2, 0.25) is 0 Å². The molecule has 0 aliphatic carbocycles. The molecule has 0 saturated heterocycles. The normalized spacial score (nSPS) is 15.3. The summed E-state index contributed by atoms with van der Waals surface area (Å²) in [6.07, 6.45) is 0.944. The SMILES string of the molecule is CC[C@H](O)c1ccccc1[Se]C(C(CCO)OC)[Si](C)(C)c1ccccc1. The van der Waals surface area contributed by atoms with Gasteiger partial charge in [0.05, 0.1) is 0 Å². The van der Waals surface area contributed by atoms with Crippen LogP contribution in [0.1, 0.15) is 31.4 Å². The summed E-state index contributed by atoms with van der Waals surface area (Å²) in [5.41, 5.74) is 1.04. The van der Waals surface area contributed by atoms with Crippen molar-refractivity contribution in [3.05, 3.63) is 60.2 Å². The summed E-state index contributed by atoms with van der Waals surface area (Å²) in [5.74, 6) is 0. The zero-order chi connectivity index (χ0) is 19.9. The Morgan fingerprint density at radius 2 is 1.67 bits per heavy atom. The van der Waals surface area contributed by atoms with Gasteiger partial charge in [0, 0.05) is 0 Å². The van der Waals surface area contributed by atoms with Crippen molar-refractivity contribution < 1.29 is 14.9 Å². The fraction of sp³-hybridized carbons (Fsp3) is 0.455. The van der Waals surface area contributed by atoms with Crippen molar-refractivity contribution in [3.8, 4) is 0 Å². The van der Waals surface area contributed by atoms with Crippen LogP contribution in [-0.4, -0.2) is 53.1 Å². The quantitative estimate of drug-likeness (QED) is 0.547. The molecule has 2 rings (SSSR count). The second-order valence-corrected chi connectivity index (χ2v) is 15.4. The molecule has 3 atom stereocenters. The average molecular weight is 452 g/mol. The molecule has 0 aromatic heterocycles. The topological polar surface area (TPSA) is 49.7 Å². The summed E-state index contributed by atoms with van der Waals surface area (Å²) in [6.45, 7) is 6.94. The van der Waals surface area contributed by atoms with Crippen LogP contribution in [0.15, 0.2) is 54.6 Å². The van der Waals surface area contributed by atoms with Gasteiger partial charge in [-0.15, -0.1) is 0 Å². The average Bonchev–Trinajstić information content (AvgIpc) is 2.70. The number of ether oxygens (including phenoxy) is 1. The zero-order valence-electron chi connectivity index (χ0n) is 16.8. The molecule has 0 aliphatic heterocycles. The zero-order valence-corrected chi connectivity index (χ0v) is 19.5. The van der Waals surface area contributed by atoms with Crippen LogP contribution in [0.2, 0.25) is 17.5 Å². The molecular formula is C22H32O3SeSi. The van der Waals surface area contributed by atoms with Crippen LogP contribution in [0.5, 0.6) is 0 Å². The van der Waals surface area contributed by atoms with Gasteiger partial charge < -0.3 is 0 Å². The molecule has 2 N–H and O–H groups in total. The summed E-state index contributed by atoms with van der Waals surface area (Å²) in [4.78, 5) is 0. The van der Waals surface area contributed by atoms with E-state index in [0.29, 0.717) is 17.3 Å². The van der Waals surface area contributed by atoms with Gasteiger partial charge in [0.15, 0.2) is 0 Å². The third-order valence-electron chi connectivity index (χ3n) is 5.20. The third-order valence-corrected chi connectivity index (χ3v) is 15.6. The van der Waals surface area contributed by atoms with Crippen molar-refractivity contribution in [3.63, 3.8) is 0 Å². The van der Waals surface area contributed by atoms with Gasteiger partial charge in [-0.3, -0.25) is 0 Å². The first-order valence-electron chi connectivity index (χ1n) is 9.58. The van der Waals surface area contributed by atoms with Crippen LogP contribution in [0.4, 0.5) is 0 Å². The molecule has 27 heavy (non-hydrogen) atoms. The van der Waals surface area contributed by atoms with Gasteiger partial charge in [-0.05, 0) is 0 Å². The van der Waals surface area contributed by atoms with Gasteiger partial charge in [-0.25, -0.2) is 0 Å². The number of hydrogen-bond donors (Lipinski definition) is 2. The Hall–Kier alpha value is -0.944. The monoisotopic (exact) mass is 452 g/mol. The molecule has 2 aromatic rings. The molecule has 5 heteroatoms. The molecule has 3 nitrogen and oxygen atoms in total.